The minimum absolute atomic E-state index is 0.248. The molecular weight excluding hydrogens is 394 g/mol. The van der Waals surface area contributed by atoms with Gasteiger partial charge in [0.15, 0.2) is 0 Å². The van der Waals surface area contributed by atoms with Gasteiger partial charge < -0.3 is 9.30 Å². The molecule has 2 aromatic carbocycles. The highest BCUT2D eigenvalue weighted by Gasteiger charge is 2.12. The monoisotopic (exact) mass is 413 g/mol. The number of rotatable bonds is 6. The highest BCUT2D eigenvalue weighted by molar-refractivity contribution is 9.10. The number of nitrogens with one attached hydrogen (secondary N) is 1. The number of aromatic nitrogens is 1. The van der Waals surface area contributed by atoms with E-state index in [9.17, 15) is 4.79 Å². The van der Waals surface area contributed by atoms with Gasteiger partial charge in [0.2, 0.25) is 0 Å². The maximum atomic E-state index is 12.4. The van der Waals surface area contributed by atoms with Gasteiger partial charge in [-0.25, -0.2) is 5.43 Å². The number of amides is 1. The van der Waals surface area contributed by atoms with Crippen LogP contribution >= 0.6 is 15.9 Å². The molecule has 0 unspecified atom stereocenters. The molecule has 134 valence electrons. The van der Waals surface area contributed by atoms with E-state index < -0.39 is 0 Å². The molecule has 0 saturated heterocycles. The van der Waals surface area contributed by atoms with E-state index in [-0.39, 0.29) is 5.91 Å². The minimum Gasteiger partial charge on any atom is -0.492 e. The van der Waals surface area contributed by atoms with Crippen molar-refractivity contribution in [2.75, 3.05) is 6.61 Å². The maximum absolute atomic E-state index is 12.4. The van der Waals surface area contributed by atoms with Crippen molar-refractivity contribution in [2.45, 2.75) is 13.3 Å². The van der Waals surface area contributed by atoms with E-state index >= 15 is 0 Å². The van der Waals surface area contributed by atoms with Gasteiger partial charge in [-0.15, -0.1) is 0 Å². The van der Waals surface area contributed by atoms with E-state index in [1.807, 2.05) is 60.1 Å². The summed E-state index contributed by atoms with van der Waals surface area (Å²) in [6.45, 7) is 2.74. The van der Waals surface area contributed by atoms with E-state index in [2.05, 4.69) is 33.4 Å². The summed E-state index contributed by atoms with van der Waals surface area (Å²) in [5.41, 5.74) is 5.01. The van der Waals surface area contributed by atoms with E-state index in [0.717, 1.165) is 33.1 Å². The van der Waals surface area contributed by atoms with Gasteiger partial charge in [-0.3, -0.25) is 4.79 Å². The first kappa shape index (κ1) is 18.2. The number of hydrogen-bond donors (Lipinski definition) is 1. The first-order valence-corrected chi connectivity index (χ1v) is 9.19. The number of nitrogens with zero attached hydrogens (tertiary/aromatic N) is 2. The van der Waals surface area contributed by atoms with Crippen molar-refractivity contribution in [1.82, 2.24) is 9.99 Å². The molecule has 6 heteroatoms. The highest BCUT2D eigenvalue weighted by Crippen LogP contribution is 2.25. The SMILES string of the molecule is CCCOc1ccc(/C=N/NC(=O)c2cc3ccccc3n2C)cc1Br. The molecule has 0 aliphatic carbocycles. The minimum atomic E-state index is -0.248. The van der Waals surface area contributed by atoms with Crippen molar-refractivity contribution in [2.24, 2.45) is 12.1 Å². The molecule has 0 spiro atoms. The molecule has 1 amide bonds. The largest absolute Gasteiger partial charge is 0.492 e. The maximum Gasteiger partial charge on any atom is 0.287 e. The van der Waals surface area contributed by atoms with Gasteiger partial charge in [0.05, 0.1) is 17.3 Å². The lowest BCUT2D eigenvalue weighted by Crippen LogP contribution is -2.20. The molecule has 0 bridgehead atoms. The van der Waals surface area contributed by atoms with Gasteiger partial charge in [0.25, 0.3) is 5.91 Å². The van der Waals surface area contributed by atoms with Gasteiger partial charge in [-0.05, 0) is 58.2 Å². The van der Waals surface area contributed by atoms with Crippen LogP contribution in [-0.4, -0.2) is 23.3 Å². The summed E-state index contributed by atoms with van der Waals surface area (Å²) >= 11 is 3.49. The lowest BCUT2D eigenvalue weighted by molar-refractivity contribution is 0.0947. The van der Waals surface area contributed by atoms with E-state index in [1.54, 1.807) is 6.21 Å². The summed E-state index contributed by atoms with van der Waals surface area (Å²) in [7, 11) is 1.87. The van der Waals surface area contributed by atoms with Crippen LogP contribution in [0.5, 0.6) is 5.75 Å². The van der Waals surface area contributed by atoms with Crippen molar-refractivity contribution in [3.63, 3.8) is 0 Å². The van der Waals surface area contributed by atoms with Crippen molar-refractivity contribution in [3.05, 3.63) is 64.3 Å². The van der Waals surface area contributed by atoms with Crippen LogP contribution in [0.25, 0.3) is 10.9 Å². The number of carbonyl (C=O) groups is 1. The Morgan fingerprint density at radius 2 is 2.08 bits per heavy atom. The van der Waals surface area contributed by atoms with Crippen LogP contribution in [0.1, 0.15) is 29.4 Å². The third kappa shape index (κ3) is 3.96. The Labute approximate surface area is 160 Å². The lowest BCUT2D eigenvalue weighted by atomic mass is 10.2. The molecule has 1 heterocycles. The van der Waals surface area contributed by atoms with Crippen molar-refractivity contribution >= 4 is 39.0 Å². The van der Waals surface area contributed by atoms with Crippen LogP contribution in [0.15, 0.2) is 58.1 Å². The zero-order chi connectivity index (χ0) is 18.5. The summed E-state index contributed by atoms with van der Waals surface area (Å²) < 4.78 is 8.33. The molecule has 0 radical (unpaired) electrons. The Morgan fingerprint density at radius 3 is 2.81 bits per heavy atom. The van der Waals surface area contributed by atoms with E-state index in [0.29, 0.717) is 12.3 Å². The molecule has 5 nitrogen and oxygen atoms in total. The first-order chi connectivity index (χ1) is 12.6. The summed E-state index contributed by atoms with van der Waals surface area (Å²) in [6, 6.07) is 15.4. The highest BCUT2D eigenvalue weighted by atomic mass is 79.9. The summed E-state index contributed by atoms with van der Waals surface area (Å²) in [4.78, 5) is 12.4. The number of halogens is 1. The second-order valence-corrected chi connectivity index (χ2v) is 6.74. The number of carbonyl (C=O) groups excluding carboxylic acids is 1. The van der Waals surface area contributed by atoms with Crippen LogP contribution in [0, 0.1) is 0 Å². The molecule has 3 aromatic rings. The number of hydrazone groups is 1. The average Bonchev–Trinajstić information content (AvgIpc) is 2.98. The van der Waals surface area contributed by atoms with Crippen LogP contribution in [0.2, 0.25) is 0 Å². The zero-order valence-electron chi connectivity index (χ0n) is 14.7. The van der Waals surface area contributed by atoms with E-state index in [4.69, 9.17) is 4.74 Å². The first-order valence-electron chi connectivity index (χ1n) is 8.40. The standard InChI is InChI=1S/C20H20BrN3O2/c1-3-10-26-19-9-8-14(11-16(19)21)13-22-23-20(25)18-12-15-6-4-5-7-17(15)24(18)2/h4-9,11-13H,3,10H2,1-2H3,(H,23,25)/b22-13+. The van der Waals surface area contributed by atoms with Gasteiger partial charge in [-0.2, -0.15) is 5.10 Å². The molecule has 0 aliphatic heterocycles. The van der Waals surface area contributed by atoms with Crippen LogP contribution < -0.4 is 10.2 Å². The number of fused-ring (bicyclic) bond motifs is 1. The molecule has 1 aromatic heterocycles. The summed E-state index contributed by atoms with van der Waals surface area (Å²) in [6.07, 6.45) is 2.56. The number of para-hydroxylation sites is 1. The Morgan fingerprint density at radius 1 is 1.27 bits per heavy atom. The normalized spacial score (nSPS) is 11.2. The number of aryl methyl sites for hydroxylation is 1. The fourth-order valence-corrected chi connectivity index (χ4v) is 3.17. The number of benzene rings is 2. The lowest BCUT2D eigenvalue weighted by Gasteiger charge is -2.07. The quantitative estimate of drug-likeness (QED) is 0.477. The fraction of sp³-hybridized carbons (Fsp3) is 0.200. The van der Waals surface area contributed by atoms with Crippen LogP contribution in [0.3, 0.4) is 0 Å². The zero-order valence-corrected chi connectivity index (χ0v) is 16.3. The fourth-order valence-electron chi connectivity index (χ4n) is 2.66. The molecule has 0 atom stereocenters. The average molecular weight is 414 g/mol. The molecule has 0 aliphatic rings. The van der Waals surface area contributed by atoms with Gasteiger partial charge in [0.1, 0.15) is 11.4 Å². The Kier molecular flexibility index (Phi) is 5.73. The molecule has 3 rings (SSSR count). The van der Waals surface area contributed by atoms with Crippen molar-refractivity contribution < 1.29 is 9.53 Å². The number of hydrogen-bond acceptors (Lipinski definition) is 3. The smallest absolute Gasteiger partial charge is 0.287 e. The topological polar surface area (TPSA) is 55.6 Å². The summed E-state index contributed by atoms with van der Waals surface area (Å²) in [5.74, 6) is 0.547. The molecule has 0 fully saturated rings. The second-order valence-electron chi connectivity index (χ2n) is 5.88. The van der Waals surface area contributed by atoms with Crippen LogP contribution in [-0.2, 0) is 7.05 Å². The Balaban J connectivity index is 1.68. The van der Waals surface area contributed by atoms with Gasteiger partial charge >= 0.3 is 0 Å². The molecule has 1 N–H and O–H groups in total. The van der Waals surface area contributed by atoms with Crippen molar-refractivity contribution in [3.8, 4) is 5.75 Å². The Bertz CT molecular complexity index is 963. The van der Waals surface area contributed by atoms with Gasteiger partial charge in [0, 0.05) is 18.0 Å². The third-order valence-electron chi connectivity index (χ3n) is 3.98. The predicted molar refractivity (Wildman–Crippen MR) is 108 cm³/mol. The molecule has 26 heavy (non-hydrogen) atoms. The summed E-state index contributed by atoms with van der Waals surface area (Å²) in [5, 5.41) is 5.09. The van der Waals surface area contributed by atoms with Crippen LogP contribution in [0.4, 0.5) is 0 Å². The number of ether oxygens (including phenoxy) is 1. The predicted octanol–water partition coefficient (Wildman–Crippen LogP) is 4.49. The second kappa shape index (κ2) is 8.19. The van der Waals surface area contributed by atoms with Crippen molar-refractivity contribution in [1.29, 1.82) is 0 Å². The molecular formula is C20H20BrN3O2. The van der Waals surface area contributed by atoms with E-state index in [1.165, 1.54) is 0 Å². The molecule has 0 saturated carbocycles. The third-order valence-corrected chi connectivity index (χ3v) is 4.60. The Hall–Kier alpha value is -2.60. The van der Waals surface area contributed by atoms with Gasteiger partial charge in [-0.1, -0.05) is 25.1 Å².